The van der Waals surface area contributed by atoms with Crippen molar-refractivity contribution in [3.05, 3.63) is 64.6 Å². The summed E-state index contributed by atoms with van der Waals surface area (Å²) >= 11 is 3.38. The molecule has 0 aliphatic carbocycles. The Hall–Kier alpha value is -1.56. The van der Waals surface area contributed by atoms with E-state index in [1.54, 1.807) is 11.9 Å². The third kappa shape index (κ3) is 5.82. The number of benzene rings is 2. The highest BCUT2D eigenvalue weighted by Crippen LogP contribution is 2.18. The van der Waals surface area contributed by atoms with Crippen molar-refractivity contribution in [2.75, 3.05) is 26.7 Å². The summed E-state index contributed by atoms with van der Waals surface area (Å²) in [5.41, 5.74) is 6.74. The van der Waals surface area contributed by atoms with Crippen LogP contribution in [0.4, 0.5) is 0 Å². The van der Waals surface area contributed by atoms with Crippen LogP contribution in [-0.4, -0.2) is 37.6 Å². The van der Waals surface area contributed by atoms with E-state index >= 15 is 0 Å². The zero-order chi connectivity index (χ0) is 16.7. The molecule has 0 spiro atoms. The Morgan fingerprint density at radius 1 is 1.17 bits per heavy atom. The van der Waals surface area contributed by atoms with Crippen LogP contribution in [0.5, 0.6) is 5.75 Å². The Kier molecular flexibility index (Phi) is 8.82. The van der Waals surface area contributed by atoms with Gasteiger partial charge in [0.25, 0.3) is 0 Å². The molecule has 0 saturated heterocycles. The van der Waals surface area contributed by atoms with E-state index in [1.807, 2.05) is 54.6 Å². The summed E-state index contributed by atoms with van der Waals surface area (Å²) in [6.07, 6.45) is 0. The largest absolute Gasteiger partial charge is 0.492 e. The van der Waals surface area contributed by atoms with Crippen LogP contribution in [0.3, 0.4) is 0 Å². The molecule has 130 valence electrons. The van der Waals surface area contributed by atoms with Gasteiger partial charge in [-0.3, -0.25) is 4.79 Å². The van der Waals surface area contributed by atoms with E-state index in [0.717, 1.165) is 15.8 Å². The molecule has 0 fully saturated rings. The molecule has 2 N–H and O–H groups in total. The van der Waals surface area contributed by atoms with Crippen molar-refractivity contribution in [1.29, 1.82) is 0 Å². The van der Waals surface area contributed by atoms with Crippen molar-refractivity contribution in [1.82, 2.24) is 4.90 Å². The fourth-order valence-corrected chi connectivity index (χ4v) is 2.54. The average Bonchev–Trinajstić information content (AvgIpc) is 2.58. The van der Waals surface area contributed by atoms with Gasteiger partial charge in [0.1, 0.15) is 12.4 Å². The van der Waals surface area contributed by atoms with Crippen LogP contribution in [0.25, 0.3) is 0 Å². The molecule has 2 rings (SSSR count). The molecule has 6 heteroatoms. The number of amides is 1. The lowest BCUT2D eigenvalue weighted by Gasteiger charge is -2.23. The third-order valence-corrected chi connectivity index (χ3v) is 4.15. The summed E-state index contributed by atoms with van der Waals surface area (Å²) in [5.74, 6) is 0.486. The van der Waals surface area contributed by atoms with E-state index in [-0.39, 0.29) is 24.2 Å². The molecule has 1 atom stereocenters. The van der Waals surface area contributed by atoms with Crippen molar-refractivity contribution in [3.63, 3.8) is 0 Å². The number of ether oxygens (including phenoxy) is 1. The van der Waals surface area contributed by atoms with Gasteiger partial charge in [0.2, 0.25) is 5.91 Å². The van der Waals surface area contributed by atoms with E-state index in [2.05, 4.69) is 15.9 Å². The topological polar surface area (TPSA) is 55.6 Å². The van der Waals surface area contributed by atoms with Crippen LogP contribution in [0.1, 0.15) is 11.5 Å². The van der Waals surface area contributed by atoms with Gasteiger partial charge >= 0.3 is 0 Å². The Bertz CT molecular complexity index is 623. The first-order valence-electron chi connectivity index (χ1n) is 7.50. The van der Waals surface area contributed by atoms with E-state index in [1.165, 1.54) is 0 Å². The molecule has 0 radical (unpaired) electrons. The van der Waals surface area contributed by atoms with Crippen LogP contribution in [0.15, 0.2) is 59.1 Å². The highest BCUT2D eigenvalue weighted by molar-refractivity contribution is 9.10. The van der Waals surface area contributed by atoms with Gasteiger partial charge in [-0.2, -0.15) is 0 Å². The standard InChI is InChI=1S/C18H21BrN2O2.ClH/c1-21(11-12-23-16-9-7-15(19)8-10-16)18(22)17(13-20)14-5-3-2-4-6-14;/h2-10,17H,11-13,20H2,1H3;1H. The molecule has 2 aromatic carbocycles. The molecule has 4 nitrogen and oxygen atoms in total. The lowest BCUT2D eigenvalue weighted by atomic mass is 9.98. The normalized spacial score (nSPS) is 11.3. The maximum Gasteiger partial charge on any atom is 0.231 e. The number of halogens is 2. The Labute approximate surface area is 157 Å². The molecule has 1 amide bonds. The Morgan fingerprint density at radius 2 is 1.79 bits per heavy atom. The molecule has 24 heavy (non-hydrogen) atoms. The van der Waals surface area contributed by atoms with Crippen LogP contribution in [-0.2, 0) is 4.79 Å². The number of nitrogens with zero attached hydrogens (tertiary/aromatic N) is 1. The molecular weight excluding hydrogens is 392 g/mol. The number of rotatable bonds is 7. The fraction of sp³-hybridized carbons (Fsp3) is 0.278. The number of carbonyl (C=O) groups excluding carboxylic acids is 1. The van der Waals surface area contributed by atoms with Gasteiger partial charge in [-0.05, 0) is 29.8 Å². The quantitative estimate of drug-likeness (QED) is 0.756. The smallest absolute Gasteiger partial charge is 0.231 e. The molecule has 2 aromatic rings. The summed E-state index contributed by atoms with van der Waals surface area (Å²) < 4.78 is 6.66. The summed E-state index contributed by atoms with van der Waals surface area (Å²) in [6, 6.07) is 17.2. The third-order valence-electron chi connectivity index (χ3n) is 3.62. The first kappa shape index (κ1) is 20.5. The summed E-state index contributed by atoms with van der Waals surface area (Å²) in [5, 5.41) is 0. The Balaban J connectivity index is 0.00000288. The van der Waals surface area contributed by atoms with Gasteiger partial charge in [0.15, 0.2) is 0 Å². The number of carbonyl (C=O) groups is 1. The lowest BCUT2D eigenvalue weighted by Crippen LogP contribution is -2.37. The van der Waals surface area contributed by atoms with Gasteiger partial charge in [-0.15, -0.1) is 12.4 Å². The number of nitrogens with two attached hydrogens (primary N) is 1. The lowest BCUT2D eigenvalue weighted by molar-refractivity contribution is -0.131. The Morgan fingerprint density at radius 3 is 2.38 bits per heavy atom. The summed E-state index contributed by atoms with van der Waals surface area (Å²) in [6.45, 7) is 1.24. The van der Waals surface area contributed by atoms with Crippen molar-refractivity contribution in [3.8, 4) is 5.75 Å². The zero-order valence-corrected chi connectivity index (χ0v) is 15.9. The maximum absolute atomic E-state index is 12.5. The highest BCUT2D eigenvalue weighted by atomic mass is 79.9. The average molecular weight is 414 g/mol. The fourth-order valence-electron chi connectivity index (χ4n) is 2.27. The van der Waals surface area contributed by atoms with Gasteiger partial charge in [0.05, 0.1) is 12.5 Å². The molecule has 0 aliphatic heterocycles. The second kappa shape index (κ2) is 10.3. The molecule has 0 aliphatic rings. The molecule has 0 heterocycles. The zero-order valence-electron chi connectivity index (χ0n) is 13.5. The molecule has 0 saturated carbocycles. The van der Waals surface area contributed by atoms with Crippen LogP contribution < -0.4 is 10.5 Å². The molecule has 1 unspecified atom stereocenters. The minimum absolute atomic E-state index is 0. The van der Waals surface area contributed by atoms with E-state index in [4.69, 9.17) is 10.5 Å². The first-order valence-corrected chi connectivity index (χ1v) is 8.29. The van der Waals surface area contributed by atoms with Gasteiger partial charge in [-0.25, -0.2) is 0 Å². The first-order chi connectivity index (χ1) is 11.1. The second-order valence-corrected chi connectivity index (χ2v) is 6.18. The van der Waals surface area contributed by atoms with E-state index < -0.39 is 0 Å². The monoisotopic (exact) mass is 412 g/mol. The summed E-state index contributed by atoms with van der Waals surface area (Å²) in [7, 11) is 1.78. The van der Waals surface area contributed by atoms with Crippen LogP contribution in [0, 0.1) is 0 Å². The molecule has 0 aromatic heterocycles. The van der Waals surface area contributed by atoms with Crippen molar-refractivity contribution in [2.45, 2.75) is 5.92 Å². The number of hydrogen-bond donors (Lipinski definition) is 1. The van der Waals surface area contributed by atoms with Crippen LogP contribution >= 0.6 is 28.3 Å². The predicted octanol–water partition coefficient (Wildman–Crippen LogP) is 3.45. The summed E-state index contributed by atoms with van der Waals surface area (Å²) in [4.78, 5) is 14.2. The van der Waals surface area contributed by atoms with Gasteiger partial charge in [0, 0.05) is 18.1 Å². The van der Waals surface area contributed by atoms with Crippen molar-refractivity contribution in [2.24, 2.45) is 5.73 Å². The van der Waals surface area contributed by atoms with Crippen molar-refractivity contribution >= 4 is 34.2 Å². The number of likely N-dealkylation sites (N-methyl/N-ethyl adjacent to an activating group) is 1. The predicted molar refractivity (Wildman–Crippen MR) is 103 cm³/mol. The minimum Gasteiger partial charge on any atom is -0.492 e. The SMILES string of the molecule is CN(CCOc1ccc(Br)cc1)C(=O)C(CN)c1ccccc1.Cl. The van der Waals surface area contributed by atoms with Gasteiger partial charge < -0.3 is 15.4 Å². The van der Waals surface area contributed by atoms with Crippen molar-refractivity contribution < 1.29 is 9.53 Å². The van der Waals surface area contributed by atoms with Crippen LogP contribution in [0.2, 0.25) is 0 Å². The maximum atomic E-state index is 12.5. The van der Waals surface area contributed by atoms with E-state index in [0.29, 0.717) is 19.7 Å². The van der Waals surface area contributed by atoms with Gasteiger partial charge in [-0.1, -0.05) is 46.3 Å². The highest BCUT2D eigenvalue weighted by Gasteiger charge is 2.22. The molecule has 0 bridgehead atoms. The minimum atomic E-state index is -0.311. The second-order valence-electron chi connectivity index (χ2n) is 5.26. The molecular formula is C18H22BrClN2O2. The van der Waals surface area contributed by atoms with E-state index in [9.17, 15) is 4.79 Å². The number of hydrogen-bond acceptors (Lipinski definition) is 3.